The molecular weight excluding hydrogens is 392 g/mol. The molecule has 3 aromatic rings. The fraction of sp³-hybridized carbons (Fsp3) is 0.200. The topological polar surface area (TPSA) is 91.2 Å². The van der Waals surface area contributed by atoms with Crippen molar-refractivity contribution in [2.24, 2.45) is 10.1 Å². The Morgan fingerprint density at radius 1 is 1.17 bits per heavy atom. The van der Waals surface area contributed by atoms with Gasteiger partial charge in [-0.2, -0.15) is 5.10 Å². The number of benzene rings is 2. The zero-order chi connectivity index (χ0) is 20.5. The Labute approximate surface area is 170 Å². The summed E-state index contributed by atoms with van der Waals surface area (Å²) < 4.78 is 12.2. The van der Waals surface area contributed by atoms with Gasteiger partial charge < -0.3 is 9.47 Å². The van der Waals surface area contributed by atoms with E-state index in [1.165, 1.54) is 23.6 Å². The zero-order valence-corrected chi connectivity index (χ0v) is 16.9. The minimum atomic E-state index is -0.462. The first-order valence-corrected chi connectivity index (χ1v) is 9.72. The van der Waals surface area contributed by atoms with E-state index in [9.17, 15) is 10.1 Å². The van der Waals surface area contributed by atoms with Crippen LogP contribution in [0.3, 0.4) is 0 Å². The quantitative estimate of drug-likeness (QED) is 0.366. The van der Waals surface area contributed by atoms with E-state index < -0.39 is 4.92 Å². The van der Waals surface area contributed by atoms with Crippen molar-refractivity contribution in [1.29, 1.82) is 0 Å². The maximum atomic E-state index is 11.5. The second-order valence-corrected chi connectivity index (χ2v) is 7.43. The first-order valence-electron chi connectivity index (χ1n) is 8.84. The van der Waals surface area contributed by atoms with Crippen LogP contribution < -0.4 is 14.3 Å². The predicted octanol–water partition coefficient (Wildman–Crippen LogP) is 4.23. The van der Waals surface area contributed by atoms with E-state index in [2.05, 4.69) is 5.10 Å². The zero-order valence-electron chi connectivity index (χ0n) is 16.1. The van der Waals surface area contributed by atoms with Gasteiger partial charge >= 0.3 is 0 Å². The first kappa shape index (κ1) is 18.9. The van der Waals surface area contributed by atoms with Crippen LogP contribution in [0, 0.1) is 30.9 Å². The van der Waals surface area contributed by atoms with Crippen LogP contribution in [-0.4, -0.2) is 22.6 Å². The van der Waals surface area contributed by atoms with Crippen molar-refractivity contribution in [1.82, 2.24) is 4.68 Å². The number of ether oxygens (including phenoxy) is 2. The number of hydrogen-bond acceptors (Lipinski definition) is 7. The van der Waals surface area contributed by atoms with Crippen LogP contribution in [0.25, 0.3) is 0 Å². The molecule has 0 atom stereocenters. The largest absolute Gasteiger partial charge is 0.454 e. The molecule has 29 heavy (non-hydrogen) atoms. The number of aryl methyl sites for hydroxylation is 3. The summed E-state index contributed by atoms with van der Waals surface area (Å²) >= 11 is 1.46. The molecule has 9 heteroatoms. The normalized spacial score (nSPS) is 13.4. The molecule has 0 bridgehead atoms. The van der Waals surface area contributed by atoms with Crippen LogP contribution in [0.2, 0.25) is 0 Å². The molecule has 148 valence electrons. The summed E-state index contributed by atoms with van der Waals surface area (Å²) in [4.78, 5) is 16.5. The van der Waals surface area contributed by atoms with Crippen molar-refractivity contribution >= 4 is 28.9 Å². The number of nitrogens with zero attached hydrogens (tertiary/aromatic N) is 4. The number of nitro benzene ring substituents is 1. The number of aromatic nitrogens is 1. The summed E-state index contributed by atoms with van der Waals surface area (Å²) in [6, 6.07) is 8.94. The van der Waals surface area contributed by atoms with Crippen LogP contribution in [0.1, 0.15) is 22.4 Å². The highest BCUT2D eigenvalue weighted by molar-refractivity contribution is 7.07. The van der Waals surface area contributed by atoms with Crippen molar-refractivity contribution in [2.75, 3.05) is 6.79 Å². The number of para-hydroxylation sites is 1. The van der Waals surface area contributed by atoms with Crippen LogP contribution in [0.5, 0.6) is 11.5 Å². The van der Waals surface area contributed by atoms with Gasteiger partial charge in [0.2, 0.25) is 11.6 Å². The van der Waals surface area contributed by atoms with E-state index in [0.29, 0.717) is 21.9 Å². The molecule has 1 aliphatic rings. The average molecular weight is 410 g/mol. The standard InChI is InChI=1S/C20H18N4O4S/c1-12-5-4-6-13(2)19(12)22-20-23(14(3)10-29-20)21-9-15-7-17-18(28-11-27-17)8-16(15)24(25)26/h4-10H,11H2,1-3H3. The SMILES string of the molecule is Cc1cccc(C)c1N=c1scc(C)n1N=Cc1cc2c(cc1[N+](=O)[O-])OCO2. The smallest absolute Gasteiger partial charge is 0.282 e. The highest BCUT2D eigenvalue weighted by Gasteiger charge is 2.22. The molecule has 0 radical (unpaired) electrons. The van der Waals surface area contributed by atoms with Crippen molar-refractivity contribution < 1.29 is 14.4 Å². The summed E-state index contributed by atoms with van der Waals surface area (Å²) in [6.07, 6.45) is 1.45. The van der Waals surface area contributed by atoms with Gasteiger partial charge in [-0.15, -0.1) is 11.3 Å². The van der Waals surface area contributed by atoms with E-state index in [0.717, 1.165) is 22.5 Å². The summed E-state index contributed by atoms with van der Waals surface area (Å²) in [7, 11) is 0. The number of thiazole rings is 1. The fourth-order valence-corrected chi connectivity index (χ4v) is 3.82. The Bertz CT molecular complexity index is 1190. The summed E-state index contributed by atoms with van der Waals surface area (Å²) in [5, 5.41) is 17.9. The average Bonchev–Trinajstić information content (AvgIpc) is 3.28. The molecular formula is C20H18N4O4S. The minimum Gasteiger partial charge on any atom is -0.454 e. The second-order valence-electron chi connectivity index (χ2n) is 6.59. The molecule has 2 heterocycles. The van der Waals surface area contributed by atoms with Crippen molar-refractivity contribution in [2.45, 2.75) is 20.8 Å². The van der Waals surface area contributed by atoms with E-state index in [1.54, 1.807) is 10.7 Å². The van der Waals surface area contributed by atoms with Gasteiger partial charge in [0.05, 0.1) is 34.1 Å². The first-order chi connectivity index (χ1) is 13.9. The van der Waals surface area contributed by atoms with Gasteiger partial charge in [-0.05, 0) is 38.0 Å². The third-order valence-electron chi connectivity index (χ3n) is 4.53. The lowest BCUT2D eigenvalue weighted by atomic mass is 10.1. The number of fused-ring (bicyclic) bond motifs is 1. The third-order valence-corrected chi connectivity index (χ3v) is 5.46. The Hall–Kier alpha value is -3.46. The lowest BCUT2D eigenvalue weighted by Gasteiger charge is -2.04. The lowest BCUT2D eigenvalue weighted by Crippen LogP contribution is -2.12. The molecule has 0 saturated heterocycles. The molecule has 0 amide bonds. The molecule has 1 aromatic heterocycles. The second kappa shape index (κ2) is 7.51. The third kappa shape index (κ3) is 3.64. The Kier molecular flexibility index (Phi) is 4.89. The number of nitro groups is 1. The van der Waals surface area contributed by atoms with Gasteiger partial charge in [0.15, 0.2) is 11.5 Å². The molecule has 0 N–H and O–H groups in total. The molecule has 2 aromatic carbocycles. The minimum absolute atomic E-state index is 0.0459. The number of rotatable bonds is 4. The summed E-state index contributed by atoms with van der Waals surface area (Å²) in [6.45, 7) is 5.97. The molecule has 1 aliphatic heterocycles. The van der Waals surface area contributed by atoms with Gasteiger partial charge in [0.1, 0.15) is 0 Å². The Morgan fingerprint density at radius 3 is 2.55 bits per heavy atom. The van der Waals surface area contributed by atoms with Gasteiger partial charge in [0.25, 0.3) is 5.69 Å². The Balaban J connectivity index is 1.79. The Morgan fingerprint density at radius 2 is 1.86 bits per heavy atom. The lowest BCUT2D eigenvalue weighted by molar-refractivity contribution is -0.385. The van der Waals surface area contributed by atoms with Gasteiger partial charge in [-0.1, -0.05) is 18.2 Å². The number of hydrogen-bond donors (Lipinski definition) is 0. The van der Waals surface area contributed by atoms with Crippen LogP contribution in [-0.2, 0) is 0 Å². The van der Waals surface area contributed by atoms with E-state index in [4.69, 9.17) is 14.5 Å². The van der Waals surface area contributed by atoms with Crippen molar-refractivity contribution in [3.05, 3.63) is 73.0 Å². The van der Waals surface area contributed by atoms with E-state index >= 15 is 0 Å². The molecule has 4 rings (SSSR count). The van der Waals surface area contributed by atoms with Gasteiger partial charge in [-0.25, -0.2) is 9.67 Å². The highest BCUT2D eigenvalue weighted by atomic mass is 32.1. The summed E-state index contributed by atoms with van der Waals surface area (Å²) in [5.74, 6) is 0.823. The predicted molar refractivity (Wildman–Crippen MR) is 110 cm³/mol. The molecule has 0 aliphatic carbocycles. The van der Waals surface area contributed by atoms with Gasteiger partial charge in [0, 0.05) is 5.38 Å². The van der Waals surface area contributed by atoms with Crippen molar-refractivity contribution in [3.8, 4) is 11.5 Å². The van der Waals surface area contributed by atoms with E-state index in [1.807, 2.05) is 44.4 Å². The molecule has 8 nitrogen and oxygen atoms in total. The summed E-state index contributed by atoms with van der Waals surface area (Å²) in [5.41, 5.74) is 4.14. The maximum Gasteiger partial charge on any atom is 0.282 e. The molecule has 0 spiro atoms. The monoisotopic (exact) mass is 410 g/mol. The van der Waals surface area contributed by atoms with Crippen LogP contribution in [0.15, 0.2) is 45.8 Å². The van der Waals surface area contributed by atoms with Gasteiger partial charge in [-0.3, -0.25) is 10.1 Å². The molecule has 0 fully saturated rings. The highest BCUT2D eigenvalue weighted by Crippen LogP contribution is 2.37. The van der Waals surface area contributed by atoms with Crippen molar-refractivity contribution in [3.63, 3.8) is 0 Å². The van der Waals surface area contributed by atoms with E-state index in [-0.39, 0.29) is 12.5 Å². The molecule has 0 unspecified atom stereocenters. The fourth-order valence-electron chi connectivity index (χ4n) is 3.01. The van der Waals surface area contributed by atoms with Crippen LogP contribution in [0.4, 0.5) is 11.4 Å². The van der Waals surface area contributed by atoms with Crippen LogP contribution >= 0.6 is 11.3 Å². The molecule has 0 saturated carbocycles. The maximum absolute atomic E-state index is 11.5.